The summed E-state index contributed by atoms with van der Waals surface area (Å²) in [4.78, 5) is 4.34. The highest BCUT2D eigenvalue weighted by molar-refractivity contribution is 9.10. The predicted molar refractivity (Wildman–Crippen MR) is 78.4 cm³/mol. The van der Waals surface area contributed by atoms with E-state index in [0.29, 0.717) is 12.0 Å². The first-order valence-corrected chi connectivity index (χ1v) is 7.18. The molecule has 0 aliphatic carbocycles. The Balaban J connectivity index is 2.28. The Morgan fingerprint density at radius 2 is 1.95 bits per heavy atom. The number of benzene rings is 1. The molecule has 2 rings (SSSR count). The quantitative estimate of drug-likeness (QED) is 0.889. The number of likely N-dealkylation sites (N-methyl/N-ethyl adjacent to an activating group) is 1. The van der Waals surface area contributed by atoms with Crippen LogP contribution in [-0.4, -0.2) is 11.5 Å². The molecular weight excluding hydrogens is 326 g/mol. The van der Waals surface area contributed by atoms with Crippen molar-refractivity contribution in [2.24, 2.45) is 0 Å². The van der Waals surface area contributed by atoms with Crippen molar-refractivity contribution in [2.75, 3.05) is 6.54 Å². The van der Waals surface area contributed by atoms with Crippen molar-refractivity contribution in [1.82, 2.24) is 10.3 Å². The zero-order valence-corrected chi connectivity index (χ0v) is 12.6. The molecule has 0 fully saturated rings. The van der Waals surface area contributed by atoms with Crippen LogP contribution in [0.2, 0.25) is 0 Å². The van der Waals surface area contributed by atoms with Crippen LogP contribution in [0.3, 0.4) is 0 Å². The summed E-state index contributed by atoms with van der Waals surface area (Å²) >= 11 is 3.46. The molecule has 0 saturated heterocycles. The molecule has 0 radical (unpaired) electrons. The van der Waals surface area contributed by atoms with Gasteiger partial charge < -0.3 is 5.32 Å². The lowest BCUT2D eigenvalue weighted by atomic mass is 10.0. The van der Waals surface area contributed by atoms with Crippen molar-refractivity contribution in [2.45, 2.75) is 19.4 Å². The van der Waals surface area contributed by atoms with Gasteiger partial charge in [-0.1, -0.05) is 6.92 Å². The zero-order valence-electron chi connectivity index (χ0n) is 11.0. The summed E-state index contributed by atoms with van der Waals surface area (Å²) in [6, 6.07) is 7.21. The van der Waals surface area contributed by atoms with Gasteiger partial charge in [0.1, 0.15) is 11.6 Å². The predicted octanol–water partition coefficient (Wildman–Crippen LogP) is 4.02. The van der Waals surface area contributed by atoms with Gasteiger partial charge in [-0.25, -0.2) is 8.78 Å². The Bertz CT molecular complexity index is 570. The first kappa shape index (κ1) is 15.1. The maximum atomic E-state index is 13.3. The third-order valence-corrected chi connectivity index (χ3v) is 3.60. The fourth-order valence-corrected chi connectivity index (χ4v) is 2.66. The van der Waals surface area contributed by atoms with Gasteiger partial charge in [0.25, 0.3) is 0 Å². The second-order valence-electron chi connectivity index (χ2n) is 4.46. The molecule has 0 spiro atoms. The molecule has 0 amide bonds. The van der Waals surface area contributed by atoms with Gasteiger partial charge in [-0.05, 0) is 58.7 Å². The van der Waals surface area contributed by atoms with E-state index in [2.05, 4.69) is 26.2 Å². The number of pyridine rings is 1. The number of nitrogens with zero attached hydrogens (tertiary/aromatic N) is 1. The number of aromatic nitrogens is 1. The molecule has 0 aliphatic heterocycles. The molecule has 2 aromatic rings. The summed E-state index contributed by atoms with van der Waals surface area (Å²) in [6.07, 6.45) is 2.18. The molecule has 1 heterocycles. The Labute approximate surface area is 125 Å². The van der Waals surface area contributed by atoms with Crippen LogP contribution in [-0.2, 0) is 6.42 Å². The largest absolute Gasteiger partial charge is 0.309 e. The molecule has 0 aliphatic rings. The zero-order chi connectivity index (χ0) is 14.5. The average Bonchev–Trinajstić information content (AvgIpc) is 2.37. The Kier molecular flexibility index (Phi) is 5.20. The molecule has 1 atom stereocenters. The van der Waals surface area contributed by atoms with E-state index in [0.717, 1.165) is 22.8 Å². The molecule has 1 unspecified atom stereocenters. The first-order chi connectivity index (χ1) is 9.60. The molecule has 2 nitrogen and oxygen atoms in total. The number of nitrogens with one attached hydrogen (secondary N) is 1. The number of halogens is 3. The topological polar surface area (TPSA) is 24.9 Å². The minimum Gasteiger partial charge on any atom is -0.309 e. The van der Waals surface area contributed by atoms with Gasteiger partial charge in [0.2, 0.25) is 0 Å². The van der Waals surface area contributed by atoms with Crippen LogP contribution < -0.4 is 5.32 Å². The van der Waals surface area contributed by atoms with Crippen molar-refractivity contribution in [3.05, 3.63) is 63.9 Å². The van der Waals surface area contributed by atoms with Gasteiger partial charge >= 0.3 is 0 Å². The fourth-order valence-electron chi connectivity index (χ4n) is 2.13. The van der Waals surface area contributed by atoms with E-state index in [1.807, 2.05) is 19.1 Å². The van der Waals surface area contributed by atoms with Crippen LogP contribution in [0.15, 0.2) is 41.0 Å². The lowest BCUT2D eigenvalue weighted by molar-refractivity contribution is 0.526. The monoisotopic (exact) mass is 340 g/mol. The van der Waals surface area contributed by atoms with Gasteiger partial charge in [-0.3, -0.25) is 4.98 Å². The van der Waals surface area contributed by atoms with E-state index in [4.69, 9.17) is 0 Å². The van der Waals surface area contributed by atoms with Gasteiger partial charge in [-0.2, -0.15) is 0 Å². The van der Waals surface area contributed by atoms with Crippen molar-refractivity contribution < 1.29 is 8.78 Å². The van der Waals surface area contributed by atoms with Crippen molar-refractivity contribution in [3.63, 3.8) is 0 Å². The van der Waals surface area contributed by atoms with Crippen molar-refractivity contribution in [1.29, 1.82) is 0 Å². The second-order valence-corrected chi connectivity index (χ2v) is 5.32. The minimum atomic E-state index is -0.560. The molecule has 1 aromatic carbocycles. The van der Waals surface area contributed by atoms with Crippen LogP contribution in [0, 0.1) is 11.6 Å². The highest BCUT2D eigenvalue weighted by Crippen LogP contribution is 2.24. The smallest absolute Gasteiger partial charge is 0.126 e. The molecule has 1 N–H and O–H groups in total. The van der Waals surface area contributed by atoms with E-state index in [1.165, 1.54) is 12.1 Å². The van der Waals surface area contributed by atoms with Crippen LogP contribution >= 0.6 is 15.9 Å². The Hall–Kier alpha value is -1.33. The average molecular weight is 341 g/mol. The molecular formula is C15H15BrF2N2. The minimum absolute atomic E-state index is 0.100. The van der Waals surface area contributed by atoms with E-state index in [9.17, 15) is 8.78 Å². The summed E-state index contributed by atoms with van der Waals surface area (Å²) in [7, 11) is 0. The lowest BCUT2D eigenvalue weighted by Gasteiger charge is -2.18. The fraction of sp³-hybridized carbons (Fsp3) is 0.267. The van der Waals surface area contributed by atoms with Crippen LogP contribution in [0.5, 0.6) is 0 Å². The van der Waals surface area contributed by atoms with E-state index in [1.54, 1.807) is 6.20 Å². The number of rotatable bonds is 5. The third kappa shape index (κ3) is 3.84. The standard InChI is InChI=1S/C15H15BrF2N2/c1-2-19-14(15-13(16)4-3-5-20-15)8-10-6-11(17)9-12(18)7-10/h3-7,9,14,19H,2,8H2,1H3. The van der Waals surface area contributed by atoms with Crippen LogP contribution in [0.25, 0.3) is 0 Å². The van der Waals surface area contributed by atoms with Crippen molar-refractivity contribution in [3.8, 4) is 0 Å². The Morgan fingerprint density at radius 1 is 1.25 bits per heavy atom. The summed E-state index contributed by atoms with van der Waals surface area (Å²) in [6.45, 7) is 2.72. The highest BCUT2D eigenvalue weighted by atomic mass is 79.9. The molecule has 106 valence electrons. The van der Waals surface area contributed by atoms with Gasteiger partial charge in [-0.15, -0.1) is 0 Å². The van der Waals surface area contributed by atoms with E-state index < -0.39 is 11.6 Å². The SMILES string of the molecule is CCNC(Cc1cc(F)cc(F)c1)c1ncccc1Br. The molecule has 0 bridgehead atoms. The summed E-state index contributed by atoms with van der Waals surface area (Å²) in [5.74, 6) is -1.12. The molecule has 5 heteroatoms. The summed E-state index contributed by atoms with van der Waals surface area (Å²) < 4.78 is 27.4. The molecule has 1 aromatic heterocycles. The number of hydrogen-bond donors (Lipinski definition) is 1. The number of hydrogen-bond acceptors (Lipinski definition) is 2. The van der Waals surface area contributed by atoms with Crippen molar-refractivity contribution >= 4 is 15.9 Å². The van der Waals surface area contributed by atoms with Crippen LogP contribution in [0.1, 0.15) is 24.2 Å². The first-order valence-electron chi connectivity index (χ1n) is 6.39. The normalized spacial score (nSPS) is 12.4. The van der Waals surface area contributed by atoms with Gasteiger partial charge in [0.05, 0.1) is 11.7 Å². The van der Waals surface area contributed by atoms with E-state index >= 15 is 0 Å². The Morgan fingerprint density at radius 3 is 2.55 bits per heavy atom. The summed E-state index contributed by atoms with van der Waals surface area (Å²) in [5, 5.41) is 3.29. The molecule has 0 saturated carbocycles. The maximum Gasteiger partial charge on any atom is 0.126 e. The summed E-state index contributed by atoms with van der Waals surface area (Å²) in [5.41, 5.74) is 1.44. The molecule has 20 heavy (non-hydrogen) atoms. The second kappa shape index (κ2) is 6.90. The highest BCUT2D eigenvalue weighted by Gasteiger charge is 2.16. The van der Waals surface area contributed by atoms with Gasteiger partial charge in [0, 0.05) is 16.7 Å². The van der Waals surface area contributed by atoms with Gasteiger partial charge in [0.15, 0.2) is 0 Å². The maximum absolute atomic E-state index is 13.3. The third-order valence-electron chi connectivity index (χ3n) is 2.93. The lowest BCUT2D eigenvalue weighted by Crippen LogP contribution is -2.24. The van der Waals surface area contributed by atoms with Crippen LogP contribution in [0.4, 0.5) is 8.78 Å². The van der Waals surface area contributed by atoms with E-state index in [-0.39, 0.29) is 6.04 Å².